The van der Waals surface area contributed by atoms with E-state index in [1.165, 1.54) is 11.1 Å². The molecule has 0 radical (unpaired) electrons. The average molecular weight is 205 g/mol. The fourth-order valence-electron chi connectivity index (χ4n) is 2.67. The van der Waals surface area contributed by atoms with Crippen LogP contribution in [0.15, 0.2) is 24.3 Å². The molecule has 0 fully saturated rings. The average Bonchev–Trinajstić information content (AvgIpc) is 2.57. The van der Waals surface area contributed by atoms with Crippen molar-refractivity contribution in [3.05, 3.63) is 35.4 Å². The lowest BCUT2D eigenvalue weighted by Crippen LogP contribution is -2.41. The molecule has 0 amide bonds. The molecule has 2 nitrogen and oxygen atoms in total. The molecule has 2 heteroatoms. The highest BCUT2D eigenvalue weighted by Gasteiger charge is 2.39. The fraction of sp³-hybridized carbons (Fsp3) is 0.538. The first-order valence-corrected chi connectivity index (χ1v) is 5.61. The first-order chi connectivity index (χ1) is 7.18. The van der Waals surface area contributed by atoms with Crippen LogP contribution in [0.4, 0.5) is 0 Å². The van der Waals surface area contributed by atoms with E-state index in [0.717, 1.165) is 19.3 Å². The van der Waals surface area contributed by atoms with Gasteiger partial charge in [-0.3, -0.25) is 0 Å². The summed E-state index contributed by atoms with van der Waals surface area (Å²) in [6, 6.07) is 8.65. The molecule has 3 N–H and O–H groups in total. The Bertz CT molecular complexity index is 321. The Balaban J connectivity index is 2.28. The van der Waals surface area contributed by atoms with Gasteiger partial charge in [0.05, 0.1) is 0 Å². The van der Waals surface area contributed by atoms with E-state index < -0.39 is 0 Å². The second kappa shape index (κ2) is 3.95. The van der Waals surface area contributed by atoms with Gasteiger partial charge in [0.2, 0.25) is 0 Å². The largest absolute Gasteiger partial charge is 0.396 e. The minimum Gasteiger partial charge on any atom is -0.396 e. The van der Waals surface area contributed by atoms with Crippen molar-refractivity contribution in [3.8, 4) is 0 Å². The van der Waals surface area contributed by atoms with Gasteiger partial charge in [0.1, 0.15) is 0 Å². The molecule has 82 valence electrons. The van der Waals surface area contributed by atoms with Gasteiger partial charge in [-0.1, -0.05) is 24.3 Å². The third-order valence-corrected chi connectivity index (χ3v) is 3.78. The highest BCUT2D eigenvalue weighted by Crippen LogP contribution is 2.41. The molecule has 1 atom stereocenters. The van der Waals surface area contributed by atoms with E-state index in [1.807, 2.05) is 0 Å². The number of nitrogens with two attached hydrogens (primary N) is 1. The summed E-state index contributed by atoms with van der Waals surface area (Å²) < 4.78 is 0. The molecule has 0 bridgehead atoms. The molecule has 1 aromatic rings. The lowest BCUT2D eigenvalue weighted by molar-refractivity contribution is 0.163. The summed E-state index contributed by atoms with van der Waals surface area (Å²) in [5.74, 6) is 0. The molecule has 1 unspecified atom stereocenters. The predicted octanol–water partition coefficient (Wildman–Crippen LogP) is 1.50. The summed E-state index contributed by atoms with van der Waals surface area (Å²) >= 11 is 0. The molecule has 2 rings (SSSR count). The van der Waals surface area contributed by atoms with Crippen LogP contribution in [-0.2, 0) is 12.8 Å². The number of benzene rings is 1. The van der Waals surface area contributed by atoms with Gasteiger partial charge >= 0.3 is 0 Å². The van der Waals surface area contributed by atoms with Crippen LogP contribution in [0.25, 0.3) is 0 Å². The highest BCUT2D eigenvalue weighted by atomic mass is 16.3. The zero-order chi connectivity index (χ0) is 10.9. The summed E-state index contributed by atoms with van der Waals surface area (Å²) in [4.78, 5) is 0. The minimum absolute atomic E-state index is 0.0818. The van der Waals surface area contributed by atoms with Gasteiger partial charge < -0.3 is 10.8 Å². The molecule has 1 aliphatic carbocycles. The third-order valence-electron chi connectivity index (χ3n) is 3.78. The van der Waals surface area contributed by atoms with Gasteiger partial charge in [-0.05, 0) is 42.7 Å². The maximum atomic E-state index is 9.16. The molecule has 1 aromatic carbocycles. The second-order valence-electron chi connectivity index (χ2n) is 4.75. The van der Waals surface area contributed by atoms with Crippen molar-refractivity contribution in [1.82, 2.24) is 0 Å². The van der Waals surface area contributed by atoms with Crippen LogP contribution < -0.4 is 5.73 Å². The van der Waals surface area contributed by atoms with E-state index in [2.05, 4.69) is 31.2 Å². The van der Waals surface area contributed by atoms with Crippen molar-refractivity contribution in [2.24, 2.45) is 11.1 Å². The fourth-order valence-corrected chi connectivity index (χ4v) is 2.67. The van der Waals surface area contributed by atoms with Crippen LogP contribution in [0.2, 0.25) is 0 Å². The Kier molecular flexibility index (Phi) is 2.81. The lowest BCUT2D eigenvalue weighted by Gasteiger charge is -2.32. The zero-order valence-corrected chi connectivity index (χ0v) is 9.24. The highest BCUT2D eigenvalue weighted by molar-refractivity contribution is 5.35. The molecule has 0 aromatic heterocycles. The molecular weight excluding hydrogens is 186 g/mol. The van der Waals surface area contributed by atoms with E-state index in [0.29, 0.717) is 0 Å². The van der Waals surface area contributed by atoms with Crippen molar-refractivity contribution in [1.29, 1.82) is 0 Å². The Hall–Kier alpha value is -0.860. The summed E-state index contributed by atoms with van der Waals surface area (Å²) in [6.45, 7) is 2.29. The molecule has 0 heterocycles. The van der Waals surface area contributed by atoms with Crippen molar-refractivity contribution >= 4 is 0 Å². The molecule has 0 aliphatic heterocycles. The molecule has 15 heavy (non-hydrogen) atoms. The number of hydrogen-bond acceptors (Lipinski definition) is 2. The molecule has 0 spiro atoms. The summed E-state index contributed by atoms with van der Waals surface area (Å²) in [5.41, 5.74) is 8.98. The molecule has 1 aliphatic rings. The summed E-state index contributed by atoms with van der Waals surface area (Å²) in [7, 11) is 0. The van der Waals surface area contributed by atoms with E-state index in [1.54, 1.807) is 0 Å². The monoisotopic (exact) mass is 205 g/mol. The quantitative estimate of drug-likeness (QED) is 0.785. The summed E-state index contributed by atoms with van der Waals surface area (Å²) in [6.07, 6.45) is 2.84. The van der Waals surface area contributed by atoms with Gasteiger partial charge in [0.25, 0.3) is 0 Å². The van der Waals surface area contributed by atoms with E-state index in [-0.39, 0.29) is 18.1 Å². The topological polar surface area (TPSA) is 46.2 Å². The van der Waals surface area contributed by atoms with Crippen LogP contribution >= 0.6 is 0 Å². The lowest BCUT2D eigenvalue weighted by atomic mass is 9.76. The van der Waals surface area contributed by atoms with E-state index in [9.17, 15) is 0 Å². The van der Waals surface area contributed by atoms with Crippen LogP contribution in [-0.4, -0.2) is 17.8 Å². The molecular formula is C13H19NO. The van der Waals surface area contributed by atoms with Crippen molar-refractivity contribution < 1.29 is 5.11 Å². The van der Waals surface area contributed by atoms with Crippen LogP contribution in [0.5, 0.6) is 0 Å². The first kappa shape index (κ1) is 10.7. The summed E-state index contributed by atoms with van der Waals surface area (Å²) in [5, 5.41) is 9.16. The number of fused-ring (bicyclic) bond motifs is 1. The van der Waals surface area contributed by atoms with Gasteiger partial charge in [0.15, 0.2) is 0 Å². The standard InChI is InChI=1S/C13H19NO/c1-10(14)13(6-7-15)8-11-4-2-3-5-12(11)9-13/h2-5,10,15H,6-9,14H2,1H3. The SMILES string of the molecule is CC(N)C1(CCO)Cc2ccccc2C1. The van der Waals surface area contributed by atoms with Gasteiger partial charge in [-0.25, -0.2) is 0 Å². The van der Waals surface area contributed by atoms with Crippen LogP contribution in [0, 0.1) is 5.41 Å². The number of hydrogen-bond donors (Lipinski definition) is 2. The van der Waals surface area contributed by atoms with Gasteiger partial charge in [-0.15, -0.1) is 0 Å². The van der Waals surface area contributed by atoms with Gasteiger partial charge in [-0.2, -0.15) is 0 Å². The number of aliphatic hydroxyl groups is 1. The van der Waals surface area contributed by atoms with Crippen molar-refractivity contribution in [2.75, 3.05) is 6.61 Å². The first-order valence-electron chi connectivity index (χ1n) is 5.61. The minimum atomic E-state index is 0.0818. The Labute approximate surface area is 91.1 Å². The smallest absolute Gasteiger partial charge is 0.0437 e. The normalized spacial score (nSPS) is 19.9. The van der Waals surface area contributed by atoms with Crippen LogP contribution in [0.3, 0.4) is 0 Å². The van der Waals surface area contributed by atoms with Crippen LogP contribution in [0.1, 0.15) is 24.5 Å². The molecule has 0 saturated heterocycles. The Morgan fingerprint density at radius 1 is 1.33 bits per heavy atom. The number of rotatable bonds is 3. The maximum absolute atomic E-state index is 9.16. The number of aliphatic hydroxyl groups excluding tert-OH is 1. The maximum Gasteiger partial charge on any atom is 0.0437 e. The van der Waals surface area contributed by atoms with Gasteiger partial charge in [0, 0.05) is 12.6 Å². The second-order valence-corrected chi connectivity index (χ2v) is 4.75. The van der Waals surface area contributed by atoms with Crippen molar-refractivity contribution in [3.63, 3.8) is 0 Å². The van der Waals surface area contributed by atoms with Crippen molar-refractivity contribution in [2.45, 2.75) is 32.2 Å². The third kappa shape index (κ3) is 1.80. The van der Waals surface area contributed by atoms with E-state index >= 15 is 0 Å². The Morgan fingerprint density at radius 3 is 2.27 bits per heavy atom. The van der Waals surface area contributed by atoms with E-state index in [4.69, 9.17) is 10.8 Å². The predicted molar refractivity (Wildman–Crippen MR) is 61.6 cm³/mol. The Morgan fingerprint density at radius 2 is 1.87 bits per heavy atom. The zero-order valence-electron chi connectivity index (χ0n) is 9.24. The molecule has 0 saturated carbocycles.